The van der Waals surface area contributed by atoms with Crippen LogP contribution >= 0.6 is 0 Å². The predicted octanol–water partition coefficient (Wildman–Crippen LogP) is 2.88. The van der Waals surface area contributed by atoms with Crippen LogP contribution in [0.1, 0.15) is 65.2 Å². The molecule has 4 heteroatoms. The Balaban J connectivity index is 1.28. The smallest absolute Gasteiger partial charge is 0.234 e. The second kappa shape index (κ2) is 6.84. The van der Waals surface area contributed by atoms with E-state index in [-0.39, 0.29) is 11.4 Å². The molecule has 0 unspecified atom stereocenters. The normalized spacial score (nSPS) is 38.7. The first-order chi connectivity index (χ1) is 11.9. The van der Waals surface area contributed by atoms with E-state index in [9.17, 15) is 4.79 Å². The first-order valence-electron chi connectivity index (χ1n) is 10.7. The maximum absolute atomic E-state index is 12.8. The number of nitrogens with zero attached hydrogens (tertiary/aromatic N) is 2. The zero-order chi connectivity index (χ0) is 17.6. The van der Waals surface area contributed by atoms with Crippen LogP contribution in [-0.2, 0) is 4.79 Å². The molecule has 0 radical (unpaired) electrons. The third-order valence-corrected chi connectivity index (χ3v) is 7.69. The number of likely N-dealkylation sites (N-methyl/N-ethyl adjacent to an activating group) is 1. The second-order valence-electron chi connectivity index (χ2n) is 10.0. The molecule has 0 aromatic rings. The number of hydrogen-bond acceptors (Lipinski definition) is 3. The van der Waals surface area contributed by atoms with Gasteiger partial charge in [-0.3, -0.25) is 9.69 Å². The van der Waals surface area contributed by atoms with Crippen molar-refractivity contribution in [2.45, 2.75) is 82.8 Å². The van der Waals surface area contributed by atoms with Gasteiger partial charge in [0.05, 0.1) is 6.54 Å². The third kappa shape index (κ3) is 3.75. The number of hydrogen-bond donors (Lipinski definition) is 1. The summed E-state index contributed by atoms with van der Waals surface area (Å²) in [4.78, 5) is 17.7. The Morgan fingerprint density at radius 1 is 1.08 bits per heavy atom. The Morgan fingerprint density at radius 2 is 1.60 bits per heavy atom. The molecular weight excluding hydrogens is 310 g/mol. The summed E-state index contributed by atoms with van der Waals surface area (Å²) in [5.41, 5.74) is 0.160. The minimum Gasteiger partial charge on any atom is -0.350 e. The lowest BCUT2D eigenvalue weighted by atomic mass is 9.53. The molecule has 5 aliphatic rings. The van der Waals surface area contributed by atoms with Gasteiger partial charge < -0.3 is 10.2 Å². The van der Waals surface area contributed by atoms with Gasteiger partial charge in [0.2, 0.25) is 5.91 Å². The molecule has 4 nitrogen and oxygen atoms in total. The molecule has 1 saturated heterocycles. The molecule has 1 N–H and O–H groups in total. The van der Waals surface area contributed by atoms with Gasteiger partial charge in [-0.15, -0.1) is 0 Å². The SMILES string of the molecule is CC(C)N1CCC(N(C)CC(=O)NC23CC4CC(CC(C4)C2)C3)CC1. The number of likely N-dealkylation sites (tertiary alicyclic amines) is 1. The Kier molecular flexibility index (Phi) is 4.87. The molecule has 25 heavy (non-hydrogen) atoms. The van der Waals surface area contributed by atoms with E-state index in [1.165, 1.54) is 64.5 Å². The van der Waals surface area contributed by atoms with Gasteiger partial charge in [0.1, 0.15) is 0 Å². The quantitative estimate of drug-likeness (QED) is 0.831. The summed E-state index contributed by atoms with van der Waals surface area (Å²) in [5, 5.41) is 3.53. The minimum absolute atomic E-state index is 0.160. The van der Waals surface area contributed by atoms with Gasteiger partial charge >= 0.3 is 0 Å². The molecule has 0 spiro atoms. The molecular formula is C21H37N3O. The maximum atomic E-state index is 12.8. The lowest BCUT2D eigenvalue weighted by Crippen LogP contribution is -2.61. The van der Waals surface area contributed by atoms with Crippen molar-refractivity contribution in [3.8, 4) is 0 Å². The highest BCUT2D eigenvalue weighted by atomic mass is 16.2. The van der Waals surface area contributed by atoms with E-state index in [1.54, 1.807) is 0 Å². The van der Waals surface area contributed by atoms with Crippen molar-refractivity contribution in [2.75, 3.05) is 26.7 Å². The molecule has 0 aromatic heterocycles. The summed E-state index contributed by atoms with van der Waals surface area (Å²) >= 11 is 0. The largest absolute Gasteiger partial charge is 0.350 e. The van der Waals surface area contributed by atoms with Crippen molar-refractivity contribution in [2.24, 2.45) is 17.8 Å². The Bertz CT molecular complexity index is 460. The van der Waals surface area contributed by atoms with Gasteiger partial charge in [0.15, 0.2) is 0 Å². The first-order valence-corrected chi connectivity index (χ1v) is 10.7. The predicted molar refractivity (Wildman–Crippen MR) is 101 cm³/mol. The van der Waals surface area contributed by atoms with Crippen LogP contribution in [0.2, 0.25) is 0 Å². The average Bonchev–Trinajstić information content (AvgIpc) is 2.52. The van der Waals surface area contributed by atoms with Crippen molar-refractivity contribution < 1.29 is 4.79 Å². The maximum Gasteiger partial charge on any atom is 0.234 e. The average molecular weight is 348 g/mol. The third-order valence-electron chi connectivity index (χ3n) is 7.69. The van der Waals surface area contributed by atoms with Gasteiger partial charge in [-0.2, -0.15) is 0 Å². The molecule has 5 fully saturated rings. The van der Waals surface area contributed by atoms with E-state index in [1.807, 2.05) is 0 Å². The minimum atomic E-state index is 0.160. The zero-order valence-corrected chi connectivity index (χ0v) is 16.5. The fourth-order valence-electron chi connectivity index (χ4n) is 6.80. The van der Waals surface area contributed by atoms with Crippen LogP contribution in [0.5, 0.6) is 0 Å². The molecule has 0 aromatic carbocycles. The standard InChI is InChI=1S/C21H37N3O/c1-15(2)24-6-4-19(5-7-24)23(3)14-20(25)22-21-11-16-8-17(12-21)10-18(9-16)13-21/h15-19H,4-14H2,1-3H3,(H,22,25). The highest BCUT2D eigenvalue weighted by Crippen LogP contribution is 2.55. The second-order valence-corrected chi connectivity index (χ2v) is 10.0. The molecule has 4 bridgehead atoms. The molecule has 0 atom stereocenters. The molecule has 5 rings (SSSR count). The summed E-state index contributed by atoms with van der Waals surface area (Å²) in [6, 6.07) is 1.21. The molecule has 142 valence electrons. The van der Waals surface area contributed by atoms with Gasteiger partial charge in [-0.05, 0) is 103 Å². The summed E-state index contributed by atoms with van der Waals surface area (Å²) in [6.07, 6.45) is 10.4. The number of piperidine rings is 1. The van der Waals surface area contributed by atoms with Gasteiger partial charge in [0.25, 0.3) is 0 Å². The van der Waals surface area contributed by atoms with Crippen molar-refractivity contribution in [1.82, 2.24) is 15.1 Å². The number of carbonyl (C=O) groups excluding carboxylic acids is 1. The van der Waals surface area contributed by atoms with Crippen molar-refractivity contribution in [3.63, 3.8) is 0 Å². The van der Waals surface area contributed by atoms with E-state index in [4.69, 9.17) is 0 Å². The zero-order valence-electron chi connectivity index (χ0n) is 16.5. The summed E-state index contributed by atoms with van der Waals surface area (Å²) in [7, 11) is 2.15. The molecule has 1 amide bonds. The molecule has 4 aliphatic carbocycles. The highest BCUT2D eigenvalue weighted by Gasteiger charge is 2.51. The summed E-state index contributed by atoms with van der Waals surface area (Å²) < 4.78 is 0. The van der Waals surface area contributed by atoms with E-state index in [0.717, 1.165) is 17.8 Å². The van der Waals surface area contributed by atoms with Crippen molar-refractivity contribution in [3.05, 3.63) is 0 Å². The van der Waals surface area contributed by atoms with E-state index in [0.29, 0.717) is 18.6 Å². The highest BCUT2D eigenvalue weighted by molar-refractivity contribution is 5.79. The topological polar surface area (TPSA) is 35.6 Å². The van der Waals surface area contributed by atoms with Crippen LogP contribution in [0.3, 0.4) is 0 Å². The summed E-state index contributed by atoms with van der Waals surface area (Å²) in [6.45, 7) is 7.48. The molecule has 1 aliphatic heterocycles. The lowest BCUT2D eigenvalue weighted by molar-refractivity contribution is -0.128. The number of amides is 1. The van der Waals surface area contributed by atoms with Gasteiger partial charge in [-0.25, -0.2) is 0 Å². The Morgan fingerprint density at radius 3 is 2.08 bits per heavy atom. The molecule has 1 heterocycles. The van der Waals surface area contributed by atoms with Crippen molar-refractivity contribution >= 4 is 5.91 Å². The van der Waals surface area contributed by atoms with Crippen LogP contribution in [0.25, 0.3) is 0 Å². The van der Waals surface area contributed by atoms with Gasteiger partial charge in [-0.1, -0.05) is 0 Å². The van der Waals surface area contributed by atoms with Crippen LogP contribution < -0.4 is 5.32 Å². The van der Waals surface area contributed by atoms with Crippen molar-refractivity contribution in [1.29, 1.82) is 0 Å². The number of nitrogens with one attached hydrogen (secondary N) is 1. The van der Waals surface area contributed by atoms with Crippen LogP contribution in [0.15, 0.2) is 0 Å². The fourth-order valence-corrected chi connectivity index (χ4v) is 6.80. The lowest BCUT2D eigenvalue weighted by Gasteiger charge is -2.57. The van der Waals surface area contributed by atoms with E-state index in [2.05, 4.69) is 36.0 Å². The summed E-state index contributed by atoms with van der Waals surface area (Å²) in [5.74, 6) is 2.95. The van der Waals surface area contributed by atoms with Crippen LogP contribution in [0.4, 0.5) is 0 Å². The van der Waals surface area contributed by atoms with E-state index >= 15 is 0 Å². The number of carbonyl (C=O) groups is 1. The monoisotopic (exact) mass is 347 g/mol. The van der Waals surface area contributed by atoms with Crippen LogP contribution in [-0.4, -0.2) is 60.0 Å². The number of rotatable bonds is 5. The van der Waals surface area contributed by atoms with Crippen LogP contribution in [0, 0.1) is 17.8 Å². The Labute approximate surface area is 153 Å². The fraction of sp³-hybridized carbons (Fsp3) is 0.952. The molecule has 4 saturated carbocycles. The first kappa shape index (κ1) is 17.8. The Hall–Kier alpha value is -0.610. The van der Waals surface area contributed by atoms with E-state index < -0.39 is 0 Å². The van der Waals surface area contributed by atoms with Gasteiger partial charge in [0, 0.05) is 17.6 Å².